The van der Waals surface area contributed by atoms with Gasteiger partial charge in [0.05, 0.1) is 15.0 Å². The fraction of sp³-hybridized carbons (Fsp3) is 0.154. The molecule has 17 heavy (non-hydrogen) atoms. The largest absolute Gasteiger partial charge is 0.494 e. The summed E-state index contributed by atoms with van der Waals surface area (Å²) in [6.45, 7) is 0. The van der Waals surface area contributed by atoms with E-state index in [-0.39, 0.29) is 0 Å². The molecule has 1 heterocycles. The molecule has 0 spiro atoms. The molecule has 0 atom stereocenters. The highest BCUT2D eigenvalue weighted by Crippen LogP contribution is 2.29. The molecule has 2 nitrogen and oxygen atoms in total. The van der Waals surface area contributed by atoms with Crippen LogP contribution < -0.4 is 4.74 Å². The molecule has 4 heteroatoms. The number of ether oxygens (including phenoxy) is 1. The lowest BCUT2D eigenvalue weighted by Gasteiger charge is -2.09. The van der Waals surface area contributed by atoms with Gasteiger partial charge in [-0.15, -0.1) is 0 Å². The first-order chi connectivity index (χ1) is 8.24. The summed E-state index contributed by atoms with van der Waals surface area (Å²) in [6.07, 6.45) is 0.400. The van der Waals surface area contributed by atoms with Gasteiger partial charge in [-0.2, -0.15) is 0 Å². The molecule has 0 amide bonds. The summed E-state index contributed by atoms with van der Waals surface area (Å²) < 4.78 is 5.29. The smallest absolute Gasteiger partial charge is 0.145 e. The van der Waals surface area contributed by atoms with Crippen LogP contribution >= 0.6 is 11.6 Å². The second kappa shape index (κ2) is 5.24. The highest BCUT2D eigenvalue weighted by Gasteiger charge is 2.08. The zero-order valence-electron chi connectivity index (χ0n) is 9.48. The minimum Gasteiger partial charge on any atom is -0.494 e. The zero-order valence-corrected chi connectivity index (χ0v) is 10.2. The Morgan fingerprint density at radius 3 is 2.76 bits per heavy atom. The monoisotopic (exact) mass is 243 g/mol. The Kier molecular flexibility index (Phi) is 3.69. The average Bonchev–Trinajstić information content (AvgIpc) is 2.38. The van der Waals surface area contributed by atoms with E-state index in [9.17, 15) is 0 Å². The molecule has 0 aliphatic heterocycles. The van der Waals surface area contributed by atoms with Gasteiger partial charge in [-0.05, 0) is 30.6 Å². The number of rotatable bonds is 3. The van der Waals surface area contributed by atoms with Crippen molar-refractivity contribution in [1.29, 1.82) is 0 Å². The predicted octanol–water partition coefficient (Wildman–Crippen LogP) is 3.08. The van der Waals surface area contributed by atoms with Gasteiger partial charge in [0.15, 0.2) is 0 Å². The third-order valence-corrected chi connectivity index (χ3v) is 2.68. The van der Waals surface area contributed by atoms with E-state index in [1.54, 1.807) is 7.11 Å². The van der Waals surface area contributed by atoms with Gasteiger partial charge in [0.1, 0.15) is 11.4 Å². The van der Waals surface area contributed by atoms with Crippen LogP contribution in [0.4, 0.5) is 0 Å². The molecule has 0 saturated carbocycles. The molecule has 2 aromatic rings. The number of aromatic nitrogens is 1. The Morgan fingerprint density at radius 2 is 2.12 bits per heavy atom. The van der Waals surface area contributed by atoms with Gasteiger partial charge >= 0.3 is 0 Å². The summed E-state index contributed by atoms with van der Waals surface area (Å²) in [5.74, 6) is 0.712. The molecule has 0 fully saturated rings. The van der Waals surface area contributed by atoms with Crippen LogP contribution in [-0.4, -0.2) is 19.9 Å². The van der Waals surface area contributed by atoms with E-state index in [4.69, 9.17) is 24.2 Å². The lowest BCUT2D eigenvalue weighted by atomic mass is 10.0. The van der Waals surface area contributed by atoms with Gasteiger partial charge in [0.25, 0.3) is 0 Å². The first-order valence-electron chi connectivity index (χ1n) is 5.24. The van der Waals surface area contributed by atoms with Crippen molar-refractivity contribution in [1.82, 2.24) is 4.98 Å². The highest BCUT2D eigenvalue weighted by atomic mass is 35.5. The lowest BCUT2D eigenvalue weighted by molar-refractivity contribution is 0.414. The van der Waals surface area contributed by atoms with Gasteiger partial charge in [-0.3, -0.25) is 0 Å². The zero-order chi connectivity index (χ0) is 12.3. The van der Waals surface area contributed by atoms with Gasteiger partial charge in [-0.1, -0.05) is 23.7 Å². The summed E-state index contributed by atoms with van der Waals surface area (Å²) in [7, 11) is 7.21. The summed E-state index contributed by atoms with van der Waals surface area (Å²) in [5.41, 5.74) is 2.50. The Morgan fingerprint density at radius 1 is 1.29 bits per heavy atom. The van der Waals surface area contributed by atoms with Crippen molar-refractivity contribution in [2.45, 2.75) is 6.32 Å². The van der Waals surface area contributed by atoms with Crippen LogP contribution in [0.15, 0.2) is 36.4 Å². The van der Waals surface area contributed by atoms with Gasteiger partial charge in [0, 0.05) is 16.3 Å². The van der Waals surface area contributed by atoms with E-state index in [0.29, 0.717) is 17.1 Å². The van der Waals surface area contributed by atoms with E-state index < -0.39 is 0 Å². The third-order valence-electron chi connectivity index (χ3n) is 2.44. The molecule has 0 aliphatic rings. The van der Waals surface area contributed by atoms with Crippen molar-refractivity contribution in [3.63, 3.8) is 0 Å². The standard InChI is InChI=1S/C13H11BClNO/c1-17-12-6-5-11(8-14)16-13(12)9-3-2-4-10(15)7-9/h2-7H,8H2,1H3. The molecule has 1 aromatic carbocycles. The van der Waals surface area contributed by atoms with E-state index in [1.807, 2.05) is 36.4 Å². The maximum absolute atomic E-state index is 5.97. The Balaban J connectivity index is 2.56. The number of methoxy groups -OCH3 is 1. The maximum atomic E-state index is 5.97. The van der Waals surface area contributed by atoms with Crippen LogP contribution in [0.1, 0.15) is 5.69 Å². The van der Waals surface area contributed by atoms with E-state index >= 15 is 0 Å². The number of benzene rings is 1. The van der Waals surface area contributed by atoms with Crippen molar-refractivity contribution >= 4 is 19.4 Å². The number of nitrogens with zero attached hydrogens (tertiary/aromatic N) is 1. The minimum absolute atomic E-state index is 0.400. The SMILES string of the molecule is [B]Cc1ccc(OC)c(-c2cccc(Cl)c2)n1. The second-order valence-electron chi connectivity index (χ2n) is 3.57. The fourth-order valence-electron chi connectivity index (χ4n) is 1.61. The molecule has 0 saturated heterocycles. The number of hydrogen-bond acceptors (Lipinski definition) is 2. The first kappa shape index (κ1) is 12.0. The molecule has 2 radical (unpaired) electrons. The van der Waals surface area contributed by atoms with Crippen LogP contribution in [0, 0.1) is 0 Å². The molecule has 0 bridgehead atoms. The van der Waals surface area contributed by atoms with E-state index in [2.05, 4.69) is 4.98 Å². The van der Waals surface area contributed by atoms with E-state index in [0.717, 1.165) is 17.0 Å². The maximum Gasteiger partial charge on any atom is 0.145 e. The molecule has 2 rings (SSSR count). The molecular weight excluding hydrogens is 232 g/mol. The molecule has 0 aliphatic carbocycles. The fourth-order valence-corrected chi connectivity index (χ4v) is 1.80. The predicted molar refractivity (Wildman–Crippen MR) is 70.7 cm³/mol. The van der Waals surface area contributed by atoms with E-state index in [1.165, 1.54) is 0 Å². The van der Waals surface area contributed by atoms with Gasteiger partial charge < -0.3 is 4.74 Å². The summed E-state index contributed by atoms with van der Waals surface area (Å²) >= 11 is 5.97. The van der Waals surface area contributed by atoms with Crippen LogP contribution in [0.2, 0.25) is 5.02 Å². The van der Waals surface area contributed by atoms with Crippen molar-refractivity contribution in [3.8, 4) is 17.0 Å². The Labute approximate surface area is 107 Å². The number of halogens is 1. The highest BCUT2D eigenvalue weighted by molar-refractivity contribution is 6.30. The first-order valence-corrected chi connectivity index (χ1v) is 5.62. The van der Waals surface area contributed by atoms with Crippen LogP contribution in [0.5, 0.6) is 5.75 Å². The molecule has 0 N–H and O–H groups in total. The normalized spacial score (nSPS) is 10.2. The lowest BCUT2D eigenvalue weighted by Crippen LogP contribution is -1.96. The summed E-state index contributed by atoms with van der Waals surface area (Å²) in [4.78, 5) is 4.46. The van der Waals surface area contributed by atoms with Crippen molar-refractivity contribution in [2.24, 2.45) is 0 Å². The molecular formula is C13H11BClNO. The van der Waals surface area contributed by atoms with Gasteiger partial charge in [0.2, 0.25) is 0 Å². The van der Waals surface area contributed by atoms with Crippen LogP contribution in [-0.2, 0) is 6.32 Å². The van der Waals surface area contributed by atoms with Crippen molar-refractivity contribution in [3.05, 3.63) is 47.1 Å². The molecule has 0 unspecified atom stereocenters. The van der Waals surface area contributed by atoms with Crippen LogP contribution in [0.25, 0.3) is 11.3 Å². The second-order valence-corrected chi connectivity index (χ2v) is 4.00. The topological polar surface area (TPSA) is 22.1 Å². The minimum atomic E-state index is 0.400. The van der Waals surface area contributed by atoms with Gasteiger partial charge in [-0.25, -0.2) is 4.98 Å². The van der Waals surface area contributed by atoms with Crippen molar-refractivity contribution in [2.75, 3.05) is 7.11 Å². The van der Waals surface area contributed by atoms with Crippen molar-refractivity contribution < 1.29 is 4.74 Å². The summed E-state index contributed by atoms with van der Waals surface area (Å²) in [5, 5.41) is 0.671. The summed E-state index contributed by atoms with van der Waals surface area (Å²) in [6, 6.07) is 11.2. The Bertz CT molecular complexity index is 531. The number of hydrogen-bond donors (Lipinski definition) is 0. The molecule has 84 valence electrons. The Hall–Kier alpha value is -1.48. The quantitative estimate of drug-likeness (QED) is 0.773. The third kappa shape index (κ3) is 2.61. The molecule has 1 aromatic heterocycles. The number of pyridine rings is 1. The average molecular weight is 244 g/mol. The van der Waals surface area contributed by atoms with Crippen LogP contribution in [0.3, 0.4) is 0 Å².